The predicted octanol–water partition coefficient (Wildman–Crippen LogP) is 7.26. The molecule has 0 fully saturated rings. The third-order valence-electron chi connectivity index (χ3n) is 5.50. The largest absolute Gasteiger partial charge is 0.494 e. The van der Waals surface area contributed by atoms with Crippen LogP contribution in [0.4, 0.5) is 0 Å². The third-order valence-corrected chi connectivity index (χ3v) is 5.50. The first-order chi connectivity index (χ1) is 17.6. The summed E-state index contributed by atoms with van der Waals surface area (Å²) in [6, 6.07) is 20.0. The van der Waals surface area contributed by atoms with Gasteiger partial charge in [0.1, 0.15) is 23.0 Å². The second kappa shape index (κ2) is 14.6. The van der Waals surface area contributed by atoms with Crippen LogP contribution in [0.5, 0.6) is 23.0 Å². The summed E-state index contributed by atoms with van der Waals surface area (Å²) in [6.07, 6.45) is 7.26. The van der Waals surface area contributed by atoms with E-state index in [2.05, 4.69) is 6.92 Å². The quantitative estimate of drug-likeness (QED) is 0.134. The Bertz CT molecular complexity index is 1070. The maximum absolute atomic E-state index is 12.5. The summed E-state index contributed by atoms with van der Waals surface area (Å²) in [5.41, 5.74) is 0.761. The van der Waals surface area contributed by atoms with Gasteiger partial charge in [-0.15, -0.1) is 0 Å². The minimum Gasteiger partial charge on any atom is -0.494 e. The van der Waals surface area contributed by atoms with E-state index in [-0.39, 0.29) is 0 Å². The molecule has 0 aliphatic heterocycles. The number of carbonyl (C=O) groups excluding carboxylic acids is 2. The Labute approximate surface area is 213 Å². The summed E-state index contributed by atoms with van der Waals surface area (Å²) in [5, 5.41) is 0. The number of hydrogen-bond donors (Lipinski definition) is 0. The van der Waals surface area contributed by atoms with E-state index >= 15 is 0 Å². The Morgan fingerprint density at radius 1 is 0.528 bits per heavy atom. The zero-order chi connectivity index (χ0) is 25.6. The molecule has 0 spiro atoms. The summed E-state index contributed by atoms with van der Waals surface area (Å²) >= 11 is 0. The highest BCUT2D eigenvalue weighted by Gasteiger charge is 2.12. The average molecular weight is 491 g/mol. The van der Waals surface area contributed by atoms with E-state index in [1.54, 1.807) is 72.8 Å². The van der Waals surface area contributed by atoms with Crippen LogP contribution < -0.4 is 18.9 Å². The van der Waals surface area contributed by atoms with Crippen molar-refractivity contribution in [3.05, 3.63) is 83.9 Å². The Morgan fingerprint density at radius 2 is 0.944 bits per heavy atom. The molecule has 36 heavy (non-hydrogen) atoms. The van der Waals surface area contributed by atoms with Crippen LogP contribution in [0, 0.1) is 0 Å². The number of benzene rings is 3. The van der Waals surface area contributed by atoms with E-state index in [0.29, 0.717) is 41.6 Å². The minimum absolute atomic E-state index is 0.334. The Morgan fingerprint density at radius 3 is 1.47 bits per heavy atom. The highest BCUT2D eigenvalue weighted by molar-refractivity contribution is 5.92. The van der Waals surface area contributed by atoms with Gasteiger partial charge in [-0.25, -0.2) is 9.59 Å². The summed E-state index contributed by atoms with van der Waals surface area (Å²) in [5.74, 6) is 1.20. The molecule has 3 aromatic rings. The lowest BCUT2D eigenvalue weighted by Gasteiger charge is -2.09. The lowest BCUT2D eigenvalue weighted by Crippen LogP contribution is -2.10. The van der Waals surface area contributed by atoms with Crippen LogP contribution in [-0.2, 0) is 0 Å². The highest BCUT2D eigenvalue weighted by Crippen LogP contribution is 2.21. The molecule has 0 saturated carbocycles. The molecule has 0 aromatic heterocycles. The molecule has 3 aromatic carbocycles. The van der Waals surface area contributed by atoms with Gasteiger partial charge in [-0.1, -0.05) is 39.0 Å². The van der Waals surface area contributed by atoms with Crippen LogP contribution in [0.15, 0.2) is 72.8 Å². The van der Waals surface area contributed by atoms with Crippen LogP contribution in [-0.4, -0.2) is 25.2 Å². The summed E-state index contributed by atoms with van der Waals surface area (Å²) in [6.45, 7) is 5.35. The van der Waals surface area contributed by atoms with Crippen molar-refractivity contribution in [3.8, 4) is 23.0 Å². The molecule has 0 unspecified atom stereocenters. The molecule has 0 aliphatic rings. The van der Waals surface area contributed by atoms with Gasteiger partial charge < -0.3 is 18.9 Å². The number of hydrogen-bond acceptors (Lipinski definition) is 6. The van der Waals surface area contributed by atoms with E-state index in [1.165, 1.54) is 32.1 Å². The van der Waals surface area contributed by atoms with E-state index < -0.39 is 11.9 Å². The van der Waals surface area contributed by atoms with Crippen molar-refractivity contribution in [3.63, 3.8) is 0 Å². The van der Waals surface area contributed by atoms with Crippen LogP contribution in [0.25, 0.3) is 0 Å². The van der Waals surface area contributed by atoms with Gasteiger partial charge >= 0.3 is 11.9 Å². The van der Waals surface area contributed by atoms with Crippen molar-refractivity contribution >= 4 is 11.9 Å². The molecule has 0 aliphatic carbocycles. The van der Waals surface area contributed by atoms with Crippen molar-refractivity contribution in [1.82, 2.24) is 0 Å². The third kappa shape index (κ3) is 8.77. The molecule has 0 atom stereocenters. The van der Waals surface area contributed by atoms with Crippen LogP contribution in [0.3, 0.4) is 0 Å². The van der Waals surface area contributed by atoms with Crippen molar-refractivity contribution in [2.45, 2.75) is 52.4 Å². The molecular formula is C30H34O6. The van der Waals surface area contributed by atoms with Crippen molar-refractivity contribution in [2.75, 3.05) is 13.2 Å². The predicted molar refractivity (Wildman–Crippen MR) is 139 cm³/mol. The summed E-state index contributed by atoms with van der Waals surface area (Å²) in [4.78, 5) is 24.9. The Balaban J connectivity index is 1.44. The fourth-order valence-corrected chi connectivity index (χ4v) is 3.52. The van der Waals surface area contributed by atoms with E-state index in [1.807, 2.05) is 6.92 Å². The first-order valence-corrected chi connectivity index (χ1v) is 12.6. The standard InChI is InChI=1S/C30H34O6/c1-3-5-6-7-8-9-22-34-26-14-10-23(11-15-26)29(31)35-27-16-12-24(13-17-27)30(32)36-28-20-18-25(19-21-28)33-4-2/h10-21H,3-9,22H2,1-2H3. The number of rotatable bonds is 14. The molecule has 0 saturated heterocycles. The first kappa shape index (κ1) is 26.8. The molecule has 0 bridgehead atoms. The lowest BCUT2D eigenvalue weighted by molar-refractivity contribution is 0.0730. The van der Waals surface area contributed by atoms with Gasteiger partial charge in [0.2, 0.25) is 0 Å². The second-order valence-corrected chi connectivity index (χ2v) is 8.35. The zero-order valence-corrected chi connectivity index (χ0v) is 21.0. The zero-order valence-electron chi connectivity index (χ0n) is 21.0. The van der Waals surface area contributed by atoms with Gasteiger partial charge in [-0.05, 0) is 86.1 Å². The minimum atomic E-state index is -0.506. The lowest BCUT2D eigenvalue weighted by atomic mass is 10.1. The van der Waals surface area contributed by atoms with Crippen molar-refractivity contribution < 1.29 is 28.5 Å². The normalized spacial score (nSPS) is 10.5. The summed E-state index contributed by atoms with van der Waals surface area (Å²) in [7, 11) is 0. The van der Waals surface area contributed by atoms with Gasteiger partial charge in [0.25, 0.3) is 0 Å². The number of carbonyl (C=O) groups is 2. The van der Waals surface area contributed by atoms with Crippen LogP contribution in [0.1, 0.15) is 73.1 Å². The van der Waals surface area contributed by atoms with Gasteiger partial charge in [-0.3, -0.25) is 0 Å². The van der Waals surface area contributed by atoms with E-state index in [9.17, 15) is 9.59 Å². The fraction of sp³-hybridized carbons (Fsp3) is 0.333. The maximum Gasteiger partial charge on any atom is 0.343 e. The SMILES string of the molecule is CCCCCCCCOc1ccc(C(=O)Oc2ccc(C(=O)Oc3ccc(OCC)cc3)cc2)cc1. The molecule has 0 N–H and O–H groups in total. The van der Waals surface area contributed by atoms with Gasteiger partial charge in [0.15, 0.2) is 0 Å². The Hall–Kier alpha value is -3.80. The molecule has 6 nitrogen and oxygen atoms in total. The molecule has 0 heterocycles. The fourth-order valence-electron chi connectivity index (χ4n) is 3.52. The van der Waals surface area contributed by atoms with E-state index in [0.717, 1.165) is 12.2 Å². The number of unbranched alkanes of at least 4 members (excludes halogenated alkanes) is 5. The number of esters is 2. The molecular weight excluding hydrogens is 456 g/mol. The topological polar surface area (TPSA) is 71.1 Å². The number of ether oxygens (including phenoxy) is 4. The van der Waals surface area contributed by atoms with Crippen LogP contribution >= 0.6 is 0 Å². The van der Waals surface area contributed by atoms with E-state index in [4.69, 9.17) is 18.9 Å². The first-order valence-electron chi connectivity index (χ1n) is 12.6. The van der Waals surface area contributed by atoms with Gasteiger partial charge in [0, 0.05) is 0 Å². The molecule has 6 heteroatoms. The highest BCUT2D eigenvalue weighted by atomic mass is 16.5. The maximum atomic E-state index is 12.5. The average Bonchev–Trinajstić information content (AvgIpc) is 2.90. The van der Waals surface area contributed by atoms with Gasteiger partial charge in [0.05, 0.1) is 24.3 Å². The molecule has 3 rings (SSSR count). The monoisotopic (exact) mass is 490 g/mol. The molecule has 0 radical (unpaired) electrons. The summed E-state index contributed by atoms with van der Waals surface area (Å²) < 4.78 is 21.9. The van der Waals surface area contributed by atoms with Gasteiger partial charge in [-0.2, -0.15) is 0 Å². The second-order valence-electron chi connectivity index (χ2n) is 8.35. The Kier molecular flexibility index (Phi) is 10.8. The molecule has 190 valence electrons. The van der Waals surface area contributed by atoms with Crippen molar-refractivity contribution in [2.24, 2.45) is 0 Å². The smallest absolute Gasteiger partial charge is 0.343 e. The van der Waals surface area contributed by atoms with Crippen LogP contribution in [0.2, 0.25) is 0 Å². The van der Waals surface area contributed by atoms with Crippen molar-refractivity contribution in [1.29, 1.82) is 0 Å². The molecule has 0 amide bonds.